The number of nitrogens with one attached hydrogen (secondary N) is 1. The lowest BCUT2D eigenvalue weighted by atomic mass is 9.95. The molecule has 138 valence electrons. The van der Waals surface area contributed by atoms with Gasteiger partial charge in [0.25, 0.3) is 0 Å². The Balaban J connectivity index is 1.89. The highest BCUT2D eigenvalue weighted by Crippen LogP contribution is 2.23. The zero-order chi connectivity index (χ0) is 18.2. The van der Waals surface area contributed by atoms with Gasteiger partial charge in [-0.2, -0.15) is 0 Å². The van der Waals surface area contributed by atoms with Gasteiger partial charge in [-0.25, -0.2) is 9.59 Å². The Hall–Kier alpha value is -2.24. The molecular weight excluding hydrogens is 320 g/mol. The lowest BCUT2D eigenvalue weighted by Crippen LogP contribution is -2.39. The van der Waals surface area contributed by atoms with Gasteiger partial charge >= 0.3 is 12.2 Å². The summed E-state index contributed by atoms with van der Waals surface area (Å²) in [6.45, 7) is 4.29. The molecule has 1 aromatic rings. The second-order valence-electron chi connectivity index (χ2n) is 6.92. The number of amides is 2. The molecule has 1 aromatic carbocycles. The molecule has 2 amide bonds. The molecule has 2 rings (SSSR count). The van der Waals surface area contributed by atoms with Crippen molar-refractivity contribution in [3.05, 3.63) is 24.3 Å². The quantitative estimate of drug-likeness (QED) is 0.841. The van der Waals surface area contributed by atoms with Crippen LogP contribution in [-0.4, -0.2) is 36.8 Å². The van der Waals surface area contributed by atoms with E-state index in [1.807, 2.05) is 13.8 Å². The first-order valence-corrected chi connectivity index (χ1v) is 8.94. The molecule has 0 unspecified atom stereocenters. The van der Waals surface area contributed by atoms with Crippen LogP contribution in [0.5, 0.6) is 5.75 Å². The van der Waals surface area contributed by atoms with Gasteiger partial charge in [0, 0.05) is 24.8 Å². The molecule has 6 heteroatoms. The zero-order valence-electron chi connectivity index (χ0n) is 15.3. The van der Waals surface area contributed by atoms with Crippen LogP contribution in [0.3, 0.4) is 0 Å². The van der Waals surface area contributed by atoms with Crippen molar-refractivity contribution in [2.75, 3.05) is 19.0 Å². The summed E-state index contributed by atoms with van der Waals surface area (Å²) >= 11 is 0. The van der Waals surface area contributed by atoms with E-state index in [0.29, 0.717) is 18.0 Å². The fourth-order valence-electron chi connectivity index (χ4n) is 2.82. The van der Waals surface area contributed by atoms with E-state index >= 15 is 0 Å². The van der Waals surface area contributed by atoms with Gasteiger partial charge in [-0.15, -0.1) is 0 Å². The number of carbonyl (C=O) groups excluding carboxylic acids is 2. The highest BCUT2D eigenvalue weighted by atomic mass is 16.6. The summed E-state index contributed by atoms with van der Waals surface area (Å²) in [5.74, 6) is 0.669. The minimum Gasteiger partial charge on any atom is -0.449 e. The number of hydrogen-bond donors (Lipinski definition) is 1. The number of anilines is 1. The molecule has 0 radical (unpaired) electrons. The topological polar surface area (TPSA) is 67.9 Å². The predicted octanol–water partition coefficient (Wildman–Crippen LogP) is 4.65. The lowest BCUT2D eigenvalue weighted by Gasteiger charge is -2.30. The van der Waals surface area contributed by atoms with Gasteiger partial charge in [0.2, 0.25) is 0 Å². The fourth-order valence-corrected chi connectivity index (χ4v) is 2.82. The molecule has 6 nitrogen and oxygen atoms in total. The van der Waals surface area contributed by atoms with Crippen LogP contribution in [0.25, 0.3) is 0 Å². The van der Waals surface area contributed by atoms with Gasteiger partial charge in [0.1, 0.15) is 5.75 Å². The van der Waals surface area contributed by atoms with E-state index in [-0.39, 0.29) is 18.1 Å². The third-order valence-electron chi connectivity index (χ3n) is 4.24. The van der Waals surface area contributed by atoms with Crippen LogP contribution < -0.4 is 10.1 Å². The summed E-state index contributed by atoms with van der Waals surface area (Å²) in [6.07, 6.45) is 4.70. The van der Waals surface area contributed by atoms with E-state index < -0.39 is 6.09 Å². The number of rotatable bonds is 5. The molecule has 1 fully saturated rings. The van der Waals surface area contributed by atoms with Crippen molar-refractivity contribution in [3.63, 3.8) is 0 Å². The molecule has 0 aliphatic heterocycles. The van der Waals surface area contributed by atoms with Crippen LogP contribution in [0.4, 0.5) is 15.3 Å². The Morgan fingerprint density at radius 2 is 1.96 bits per heavy atom. The van der Waals surface area contributed by atoms with Gasteiger partial charge in [-0.05, 0) is 30.9 Å². The van der Waals surface area contributed by atoms with Crippen molar-refractivity contribution in [2.45, 2.75) is 52.0 Å². The van der Waals surface area contributed by atoms with Crippen LogP contribution in [0.2, 0.25) is 0 Å². The van der Waals surface area contributed by atoms with Crippen molar-refractivity contribution in [2.24, 2.45) is 5.92 Å². The molecule has 0 saturated heterocycles. The van der Waals surface area contributed by atoms with Crippen molar-refractivity contribution in [1.82, 2.24) is 4.90 Å². The maximum Gasteiger partial charge on any atom is 0.415 e. The van der Waals surface area contributed by atoms with Crippen molar-refractivity contribution >= 4 is 17.9 Å². The van der Waals surface area contributed by atoms with E-state index in [0.717, 1.165) is 25.7 Å². The van der Waals surface area contributed by atoms with Gasteiger partial charge in [-0.3, -0.25) is 5.32 Å². The normalized spacial score (nSPS) is 14.9. The third kappa shape index (κ3) is 6.29. The number of benzene rings is 1. The van der Waals surface area contributed by atoms with Gasteiger partial charge < -0.3 is 14.4 Å². The maximum absolute atomic E-state index is 12.3. The molecule has 1 aliphatic rings. The van der Waals surface area contributed by atoms with E-state index in [4.69, 9.17) is 9.47 Å². The zero-order valence-corrected chi connectivity index (χ0v) is 15.3. The van der Waals surface area contributed by atoms with Crippen molar-refractivity contribution < 1.29 is 19.1 Å². The number of carbonyl (C=O) groups is 2. The summed E-state index contributed by atoms with van der Waals surface area (Å²) in [4.78, 5) is 25.7. The van der Waals surface area contributed by atoms with Gasteiger partial charge in [0.05, 0.1) is 6.61 Å². The molecule has 0 bridgehead atoms. The molecule has 1 aliphatic carbocycles. The average Bonchev–Trinajstić information content (AvgIpc) is 2.60. The first-order valence-electron chi connectivity index (χ1n) is 8.94. The summed E-state index contributed by atoms with van der Waals surface area (Å²) in [6, 6.07) is 6.99. The monoisotopic (exact) mass is 348 g/mol. The molecule has 0 atom stereocenters. The second kappa shape index (κ2) is 9.30. The van der Waals surface area contributed by atoms with E-state index in [2.05, 4.69) is 5.32 Å². The van der Waals surface area contributed by atoms with Gasteiger partial charge in [-0.1, -0.05) is 39.2 Å². The molecule has 1 saturated carbocycles. The predicted molar refractivity (Wildman–Crippen MR) is 96.9 cm³/mol. The first-order chi connectivity index (χ1) is 12.0. The smallest absolute Gasteiger partial charge is 0.415 e. The Kier molecular flexibility index (Phi) is 7.10. The number of nitrogens with zero attached hydrogens (tertiary/aromatic N) is 1. The van der Waals surface area contributed by atoms with Crippen LogP contribution in [0, 0.1) is 5.92 Å². The molecule has 0 heterocycles. The van der Waals surface area contributed by atoms with Crippen LogP contribution in [0.1, 0.15) is 46.0 Å². The van der Waals surface area contributed by atoms with Crippen LogP contribution >= 0.6 is 0 Å². The standard InChI is InChI=1S/C19H28N2O4/c1-14(2)13-24-18(22)20-15-8-7-11-17(12-15)25-19(23)21(3)16-9-5-4-6-10-16/h7-8,11-12,14,16H,4-6,9-10,13H2,1-3H3,(H,20,22). The average molecular weight is 348 g/mol. The number of ether oxygens (including phenoxy) is 2. The van der Waals surface area contributed by atoms with E-state index in [1.165, 1.54) is 6.42 Å². The molecule has 0 spiro atoms. The Morgan fingerprint density at radius 1 is 1.24 bits per heavy atom. The van der Waals surface area contributed by atoms with Crippen LogP contribution in [-0.2, 0) is 4.74 Å². The van der Waals surface area contributed by atoms with E-state index in [1.54, 1.807) is 36.2 Å². The molecular formula is C19H28N2O4. The lowest BCUT2D eigenvalue weighted by molar-refractivity contribution is 0.133. The molecule has 1 N–H and O–H groups in total. The summed E-state index contributed by atoms with van der Waals surface area (Å²) < 4.78 is 10.5. The maximum atomic E-state index is 12.3. The summed E-state index contributed by atoms with van der Waals surface area (Å²) in [7, 11) is 1.78. The second-order valence-corrected chi connectivity index (χ2v) is 6.92. The molecule has 25 heavy (non-hydrogen) atoms. The minimum absolute atomic E-state index is 0.244. The Labute approximate surface area is 149 Å². The third-order valence-corrected chi connectivity index (χ3v) is 4.24. The first kappa shape index (κ1) is 19.1. The fraction of sp³-hybridized carbons (Fsp3) is 0.579. The molecule has 0 aromatic heterocycles. The van der Waals surface area contributed by atoms with Gasteiger partial charge in [0.15, 0.2) is 0 Å². The van der Waals surface area contributed by atoms with Crippen molar-refractivity contribution in [1.29, 1.82) is 0 Å². The Bertz CT molecular complexity index is 583. The Morgan fingerprint density at radius 3 is 2.64 bits per heavy atom. The van der Waals surface area contributed by atoms with Crippen molar-refractivity contribution in [3.8, 4) is 5.75 Å². The summed E-state index contributed by atoms with van der Waals surface area (Å²) in [5.41, 5.74) is 0.527. The minimum atomic E-state index is -0.517. The largest absolute Gasteiger partial charge is 0.449 e. The SMILES string of the molecule is CC(C)COC(=O)Nc1cccc(OC(=O)N(C)C2CCCCC2)c1. The van der Waals surface area contributed by atoms with E-state index in [9.17, 15) is 9.59 Å². The highest BCUT2D eigenvalue weighted by Gasteiger charge is 2.23. The summed E-state index contributed by atoms with van der Waals surface area (Å²) in [5, 5.41) is 2.64. The number of hydrogen-bond acceptors (Lipinski definition) is 4. The highest BCUT2D eigenvalue weighted by molar-refractivity contribution is 5.85. The van der Waals surface area contributed by atoms with Crippen LogP contribution in [0.15, 0.2) is 24.3 Å².